The topological polar surface area (TPSA) is 118 Å². The number of unbranched alkanes of at least 4 members (excludes halogenated alkanes) is 3. The average Bonchev–Trinajstić information content (AvgIpc) is 2.94. The quantitative estimate of drug-likeness (QED) is 0.237. The number of hydrogen-bond acceptors (Lipinski definition) is 6. The van der Waals surface area contributed by atoms with E-state index in [-0.39, 0.29) is 35.6 Å². The summed E-state index contributed by atoms with van der Waals surface area (Å²) >= 11 is 0. The molecule has 0 saturated heterocycles. The molecule has 0 spiro atoms. The first-order valence-electron chi connectivity index (χ1n) is 17.2. The van der Waals surface area contributed by atoms with Crippen LogP contribution >= 0.6 is 0 Å². The van der Waals surface area contributed by atoms with E-state index in [9.17, 15) is 30.3 Å². The zero-order valence-corrected chi connectivity index (χ0v) is 27.3. The molecule has 0 aromatic heterocycles. The Kier molecular flexibility index (Phi) is 8.48. The largest absolute Gasteiger partial charge is 0.396 e. The van der Waals surface area contributed by atoms with Gasteiger partial charge in [-0.2, -0.15) is 0 Å². The lowest BCUT2D eigenvalue weighted by Gasteiger charge is -2.72. The minimum absolute atomic E-state index is 0.0328. The number of hydrogen-bond donors (Lipinski definition) is 5. The molecule has 0 bridgehead atoms. The van der Waals surface area contributed by atoms with Gasteiger partial charge >= 0.3 is 0 Å². The van der Waals surface area contributed by atoms with Crippen molar-refractivity contribution in [2.45, 2.75) is 143 Å². The number of allylic oxidation sites excluding steroid dienone is 2. The molecule has 0 aromatic rings. The van der Waals surface area contributed by atoms with Gasteiger partial charge in [-0.25, -0.2) is 0 Å². The van der Waals surface area contributed by atoms with Crippen LogP contribution in [0.2, 0.25) is 0 Å². The lowest BCUT2D eigenvalue weighted by molar-refractivity contribution is -0.243. The van der Waals surface area contributed by atoms with Crippen molar-refractivity contribution in [1.29, 1.82) is 0 Å². The first kappa shape index (κ1) is 32.6. The number of carbonyl (C=O) groups is 1. The van der Waals surface area contributed by atoms with E-state index in [1.165, 1.54) is 0 Å². The summed E-state index contributed by atoms with van der Waals surface area (Å²) in [5.41, 5.74) is -1.45. The molecule has 0 heterocycles. The second-order valence-corrected chi connectivity index (χ2v) is 17.0. The highest BCUT2D eigenvalue weighted by molar-refractivity contribution is 5.95. The fourth-order valence-electron chi connectivity index (χ4n) is 11.9. The molecule has 0 aromatic carbocycles. The van der Waals surface area contributed by atoms with Crippen LogP contribution in [0.4, 0.5) is 0 Å². The highest BCUT2D eigenvalue weighted by atomic mass is 16.3. The van der Waals surface area contributed by atoms with Gasteiger partial charge in [0.05, 0.1) is 31.5 Å². The molecule has 5 aliphatic rings. The maximum absolute atomic E-state index is 14.8. The second kappa shape index (κ2) is 10.9. The van der Waals surface area contributed by atoms with E-state index in [0.717, 1.165) is 76.2 Å². The smallest absolute Gasteiger partial charge is 0.159 e. The molecule has 0 aliphatic heterocycles. The zero-order chi connectivity index (χ0) is 30.9. The number of fused-ring (bicyclic) bond motifs is 7. The van der Waals surface area contributed by atoms with Crippen LogP contribution in [0.15, 0.2) is 11.6 Å². The summed E-state index contributed by atoms with van der Waals surface area (Å²) in [6, 6.07) is 0. The normalized spacial score (nSPS) is 48.8. The minimum atomic E-state index is -1.05. The standard InChI is InChI=1S/C36H60O6/c1-7-8-9-10-13-35-15-12-27(40)34(6,29(42)21-37)26(35)11-14-32(4)30(35)25(39)18-23-24-19-31(2,3)16-17-36(24,22-38)28(41)20-33(23,32)5/h18,24,26-30,37-38,40-42H,7-17,19-22H2,1-6H3. The van der Waals surface area contributed by atoms with Gasteiger partial charge in [0.15, 0.2) is 5.78 Å². The molecule has 5 N–H and O–H groups in total. The molecule has 0 radical (unpaired) electrons. The highest BCUT2D eigenvalue weighted by Crippen LogP contribution is 2.76. The molecule has 4 fully saturated rings. The molecule has 11 atom stereocenters. The second-order valence-electron chi connectivity index (χ2n) is 17.0. The molecule has 11 unspecified atom stereocenters. The van der Waals surface area contributed by atoms with Gasteiger partial charge in [0.1, 0.15) is 0 Å². The number of rotatable bonds is 8. The summed E-state index contributed by atoms with van der Waals surface area (Å²) in [4.78, 5) is 14.8. The van der Waals surface area contributed by atoms with Crippen molar-refractivity contribution in [1.82, 2.24) is 0 Å². The van der Waals surface area contributed by atoms with Gasteiger partial charge < -0.3 is 25.5 Å². The Labute approximate surface area is 254 Å². The van der Waals surface area contributed by atoms with E-state index in [4.69, 9.17) is 0 Å². The SMILES string of the molecule is CCCCCCC12CCC(O)C(C)(C(O)CO)C1CCC1(C)C2C(=O)C=C2C3CC(C)(C)CCC3(CO)C(O)CC21C. The fraction of sp³-hybridized carbons (Fsp3) is 0.917. The predicted octanol–water partition coefficient (Wildman–Crippen LogP) is 5.57. The van der Waals surface area contributed by atoms with E-state index in [0.29, 0.717) is 12.8 Å². The van der Waals surface area contributed by atoms with Gasteiger partial charge in [0, 0.05) is 16.7 Å². The van der Waals surface area contributed by atoms with Crippen LogP contribution in [0, 0.1) is 50.2 Å². The molecule has 42 heavy (non-hydrogen) atoms. The fourth-order valence-corrected chi connectivity index (χ4v) is 11.9. The summed E-state index contributed by atoms with van der Waals surface area (Å²) in [5.74, 6) is -0.220. The lowest BCUT2D eigenvalue weighted by atomic mass is 9.32. The van der Waals surface area contributed by atoms with Gasteiger partial charge in [0.25, 0.3) is 0 Å². The van der Waals surface area contributed by atoms with Crippen LogP contribution in [0.25, 0.3) is 0 Å². The van der Waals surface area contributed by atoms with Gasteiger partial charge in [0.2, 0.25) is 0 Å². The lowest BCUT2D eigenvalue weighted by Crippen LogP contribution is -2.70. The molecule has 6 heteroatoms. The minimum Gasteiger partial charge on any atom is -0.396 e. The van der Waals surface area contributed by atoms with Gasteiger partial charge in [-0.1, -0.05) is 72.8 Å². The van der Waals surface area contributed by atoms with Crippen molar-refractivity contribution in [2.75, 3.05) is 13.2 Å². The van der Waals surface area contributed by atoms with E-state index in [1.54, 1.807) is 0 Å². The first-order valence-corrected chi connectivity index (χ1v) is 17.2. The van der Waals surface area contributed by atoms with Crippen LogP contribution < -0.4 is 0 Å². The molecule has 5 aliphatic carbocycles. The molecular weight excluding hydrogens is 528 g/mol. The maximum atomic E-state index is 14.8. The van der Waals surface area contributed by atoms with Crippen LogP contribution in [-0.4, -0.2) is 62.8 Å². The van der Waals surface area contributed by atoms with E-state index < -0.39 is 52.0 Å². The number of aliphatic hydroxyl groups excluding tert-OH is 5. The average molecular weight is 589 g/mol. The van der Waals surface area contributed by atoms with Crippen LogP contribution in [-0.2, 0) is 4.79 Å². The molecule has 6 nitrogen and oxygen atoms in total. The summed E-state index contributed by atoms with van der Waals surface area (Å²) in [6.45, 7) is 12.9. The molecule has 0 amide bonds. The number of aliphatic hydroxyl groups is 5. The van der Waals surface area contributed by atoms with Gasteiger partial charge in [-0.15, -0.1) is 0 Å². The first-order chi connectivity index (χ1) is 19.6. The highest BCUT2D eigenvalue weighted by Gasteiger charge is 2.73. The Balaban J connectivity index is 1.67. The molecule has 5 rings (SSSR count). The number of carbonyl (C=O) groups excluding carboxylic acids is 1. The summed E-state index contributed by atoms with van der Waals surface area (Å²) in [7, 11) is 0. The predicted molar refractivity (Wildman–Crippen MR) is 164 cm³/mol. The third-order valence-corrected chi connectivity index (χ3v) is 14.7. The summed E-state index contributed by atoms with van der Waals surface area (Å²) in [6.07, 6.45) is 10.7. The zero-order valence-electron chi connectivity index (χ0n) is 27.3. The van der Waals surface area contributed by atoms with Gasteiger partial charge in [-0.05, 0) is 97.4 Å². The van der Waals surface area contributed by atoms with Crippen molar-refractivity contribution >= 4 is 5.78 Å². The van der Waals surface area contributed by atoms with Crippen molar-refractivity contribution in [2.24, 2.45) is 50.2 Å². The Hall–Kier alpha value is -0.790. The Bertz CT molecular complexity index is 1060. The molecule has 240 valence electrons. The molecular formula is C36H60O6. The van der Waals surface area contributed by atoms with Crippen LogP contribution in [0.1, 0.15) is 125 Å². The third kappa shape index (κ3) is 4.31. The Morgan fingerprint density at radius 2 is 1.60 bits per heavy atom. The summed E-state index contributed by atoms with van der Waals surface area (Å²) in [5, 5.41) is 55.6. The van der Waals surface area contributed by atoms with E-state index in [2.05, 4.69) is 34.6 Å². The van der Waals surface area contributed by atoms with Crippen molar-refractivity contribution in [3.05, 3.63) is 11.6 Å². The van der Waals surface area contributed by atoms with E-state index in [1.807, 2.05) is 13.0 Å². The number of ketones is 1. The Morgan fingerprint density at radius 3 is 2.24 bits per heavy atom. The van der Waals surface area contributed by atoms with Gasteiger partial charge in [-0.3, -0.25) is 4.79 Å². The van der Waals surface area contributed by atoms with Crippen molar-refractivity contribution < 1.29 is 30.3 Å². The maximum Gasteiger partial charge on any atom is 0.159 e. The van der Waals surface area contributed by atoms with Crippen molar-refractivity contribution in [3.63, 3.8) is 0 Å². The molecule has 4 saturated carbocycles. The Morgan fingerprint density at radius 1 is 0.881 bits per heavy atom. The van der Waals surface area contributed by atoms with Crippen molar-refractivity contribution in [3.8, 4) is 0 Å². The third-order valence-electron chi connectivity index (χ3n) is 14.7. The monoisotopic (exact) mass is 588 g/mol. The van der Waals surface area contributed by atoms with Crippen LogP contribution in [0.3, 0.4) is 0 Å². The summed E-state index contributed by atoms with van der Waals surface area (Å²) < 4.78 is 0. The van der Waals surface area contributed by atoms with E-state index >= 15 is 0 Å². The van der Waals surface area contributed by atoms with Crippen LogP contribution in [0.5, 0.6) is 0 Å².